The molecule has 2 atom stereocenters. The van der Waals surface area contributed by atoms with Crippen molar-refractivity contribution in [1.29, 1.82) is 0 Å². The fraction of sp³-hybridized carbons (Fsp3) is 0.545. The number of carbonyl (C=O) groups is 1. The van der Waals surface area contributed by atoms with Gasteiger partial charge >= 0.3 is 0 Å². The van der Waals surface area contributed by atoms with Gasteiger partial charge in [0.1, 0.15) is 0 Å². The quantitative estimate of drug-likeness (QED) is 0.774. The molecular formula is C11H15ClO2S2. The van der Waals surface area contributed by atoms with Crippen LogP contribution >= 0.6 is 22.9 Å². The van der Waals surface area contributed by atoms with Crippen molar-refractivity contribution in [1.82, 2.24) is 0 Å². The number of Topliss-reactive ketones (excluding diaryl/α,β-unsaturated/α-hetero) is 1. The number of ketones is 1. The summed E-state index contributed by atoms with van der Waals surface area (Å²) in [7, 11) is -1.10. The molecule has 5 heteroatoms. The standard InChI is InChI=1S/C11H15ClO2S2/c1-7(2)6-16(14)8(3)11(13)9-4-5-10(12)15-9/h4-5,7-8H,6H2,1-3H3. The van der Waals surface area contributed by atoms with E-state index in [9.17, 15) is 9.00 Å². The summed E-state index contributed by atoms with van der Waals surface area (Å²) in [5.41, 5.74) is 0. The van der Waals surface area contributed by atoms with Gasteiger partial charge in [-0.25, -0.2) is 0 Å². The van der Waals surface area contributed by atoms with Crippen LogP contribution in [-0.2, 0) is 10.8 Å². The highest BCUT2D eigenvalue weighted by Gasteiger charge is 2.23. The molecule has 1 aromatic rings. The lowest BCUT2D eigenvalue weighted by Crippen LogP contribution is -2.25. The van der Waals surface area contributed by atoms with Gasteiger partial charge in [0.05, 0.1) is 14.5 Å². The molecule has 0 saturated heterocycles. The molecule has 0 radical (unpaired) electrons. The fourth-order valence-electron chi connectivity index (χ4n) is 1.24. The van der Waals surface area contributed by atoms with Gasteiger partial charge in [0.25, 0.3) is 0 Å². The largest absolute Gasteiger partial charge is 0.292 e. The van der Waals surface area contributed by atoms with E-state index in [-0.39, 0.29) is 5.78 Å². The summed E-state index contributed by atoms with van der Waals surface area (Å²) < 4.78 is 12.4. The highest BCUT2D eigenvalue weighted by atomic mass is 35.5. The van der Waals surface area contributed by atoms with Crippen molar-refractivity contribution in [3.05, 3.63) is 21.3 Å². The molecule has 0 spiro atoms. The lowest BCUT2D eigenvalue weighted by Gasteiger charge is -2.10. The van der Waals surface area contributed by atoms with Crippen LogP contribution in [0.5, 0.6) is 0 Å². The average molecular weight is 279 g/mol. The van der Waals surface area contributed by atoms with E-state index in [1.807, 2.05) is 13.8 Å². The molecule has 0 fully saturated rings. The van der Waals surface area contributed by atoms with E-state index in [1.165, 1.54) is 11.3 Å². The van der Waals surface area contributed by atoms with Gasteiger partial charge in [-0.1, -0.05) is 25.4 Å². The summed E-state index contributed by atoms with van der Waals surface area (Å²) in [4.78, 5) is 12.5. The fourth-order valence-corrected chi connectivity index (χ4v) is 3.70. The highest BCUT2D eigenvalue weighted by Crippen LogP contribution is 2.23. The Bertz CT molecular complexity index is 398. The van der Waals surface area contributed by atoms with Crippen molar-refractivity contribution in [2.24, 2.45) is 5.92 Å². The molecule has 1 heterocycles. The number of carbonyl (C=O) groups excluding carboxylic acids is 1. The predicted molar refractivity (Wildman–Crippen MR) is 71.0 cm³/mol. The van der Waals surface area contributed by atoms with Crippen LogP contribution in [0.2, 0.25) is 4.34 Å². The zero-order chi connectivity index (χ0) is 12.3. The van der Waals surface area contributed by atoms with Crippen LogP contribution in [0.15, 0.2) is 12.1 Å². The maximum atomic E-state index is 11.9. The molecule has 2 unspecified atom stereocenters. The zero-order valence-corrected chi connectivity index (χ0v) is 11.9. The maximum Gasteiger partial charge on any atom is 0.188 e. The van der Waals surface area contributed by atoms with Gasteiger partial charge in [0.15, 0.2) is 5.78 Å². The van der Waals surface area contributed by atoms with Crippen molar-refractivity contribution in [3.63, 3.8) is 0 Å². The van der Waals surface area contributed by atoms with Gasteiger partial charge in [-0.15, -0.1) is 11.3 Å². The number of rotatable bonds is 5. The second kappa shape index (κ2) is 5.94. The first-order chi connectivity index (χ1) is 7.41. The second-order valence-electron chi connectivity index (χ2n) is 4.05. The highest BCUT2D eigenvalue weighted by molar-refractivity contribution is 7.86. The Morgan fingerprint density at radius 1 is 1.44 bits per heavy atom. The number of hydrogen-bond acceptors (Lipinski definition) is 3. The summed E-state index contributed by atoms with van der Waals surface area (Å²) in [5.74, 6) is 0.824. The lowest BCUT2D eigenvalue weighted by atomic mass is 10.2. The first-order valence-corrected chi connectivity index (χ1v) is 7.66. The summed E-state index contributed by atoms with van der Waals surface area (Å²) >= 11 is 7.01. The van der Waals surface area contributed by atoms with Gasteiger partial charge < -0.3 is 0 Å². The minimum Gasteiger partial charge on any atom is -0.292 e. The van der Waals surface area contributed by atoms with Crippen LogP contribution in [0.3, 0.4) is 0 Å². The predicted octanol–water partition coefficient (Wildman–Crippen LogP) is 3.38. The molecule has 1 aromatic heterocycles. The SMILES string of the molecule is CC(C)CS(=O)C(C)C(=O)c1ccc(Cl)s1. The van der Waals surface area contributed by atoms with Gasteiger partial charge in [-0.3, -0.25) is 9.00 Å². The van der Waals surface area contributed by atoms with Crippen LogP contribution in [-0.4, -0.2) is 21.0 Å². The minimum atomic E-state index is -1.10. The number of hydrogen-bond donors (Lipinski definition) is 0. The normalized spacial score (nSPS) is 15.1. The Morgan fingerprint density at radius 2 is 2.06 bits per heavy atom. The van der Waals surface area contributed by atoms with Gasteiger partial charge in [0, 0.05) is 16.6 Å². The van der Waals surface area contributed by atoms with Gasteiger partial charge in [-0.05, 0) is 25.0 Å². The molecule has 0 aromatic carbocycles. The van der Waals surface area contributed by atoms with Crippen molar-refractivity contribution in [2.75, 3.05) is 5.75 Å². The Morgan fingerprint density at radius 3 is 2.50 bits per heavy atom. The van der Waals surface area contributed by atoms with Crippen LogP contribution in [0.4, 0.5) is 0 Å². The molecular weight excluding hydrogens is 264 g/mol. The molecule has 16 heavy (non-hydrogen) atoms. The Balaban J connectivity index is 2.71. The smallest absolute Gasteiger partial charge is 0.188 e. The summed E-state index contributed by atoms with van der Waals surface area (Å²) in [5, 5.41) is -0.447. The lowest BCUT2D eigenvalue weighted by molar-refractivity contribution is 0.0996. The Hall–Kier alpha value is -0.190. The average Bonchev–Trinajstić information content (AvgIpc) is 2.61. The topological polar surface area (TPSA) is 34.1 Å². The summed E-state index contributed by atoms with van der Waals surface area (Å²) in [6.07, 6.45) is 0. The van der Waals surface area contributed by atoms with Gasteiger partial charge in [0.2, 0.25) is 0 Å². The summed E-state index contributed by atoms with van der Waals surface area (Å²) in [6.45, 7) is 5.71. The molecule has 1 rings (SSSR count). The number of halogens is 1. The third kappa shape index (κ3) is 3.68. The Kier molecular flexibility index (Phi) is 5.15. The third-order valence-electron chi connectivity index (χ3n) is 2.08. The van der Waals surface area contributed by atoms with E-state index in [0.717, 1.165) is 0 Å². The van der Waals surface area contributed by atoms with Crippen molar-refractivity contribution >= 4 is 39.5 Å². The number of thiophene rings is 1. The van der Waals surface area contributed by atoms with E-state index in [1.54, 1.807) is 19.1 Å². The van der Waals surface area contributed by atoms with Crippen LogP contribution < -0.4 is 0 Å². The van der Waals surface area contributed by atoms with Crippen molar-refractivity contribution < 1.29 is 9.00 Å². The third-order valence-corrected chi connectivity index (χ3v) is 5.32. The van der Waals surface area contributed by atoms with Gasteiger partial charge in [-0.2, -0.15) is 0 Å². The molecule has 0 bridgehead atoms. The second-order valence-corrected chi connectivity index (χ2v) is 7.57. The zero-order valence-electron chi connectivity index (χ0n) is 9.53. The first kappa shape index (κ1) is 13.9. The van der Waals surface area contributed by atoms with E-state index in [0.29, 0.717) is 20.9 Å². The van der Waals surface area contributed by atoms with Crippen LogP contribution in [0.1, 0.15) is 30.4 Å². The molecule has 0 aliphatic carbocycles. The molecule has 0 aliphatic heterocycles. The van der Waals surface area contributed by atoms with E-state index in [4.69, 9.17) is 11.6 Å². The molecule has 0 amide bonds. The molecule has 90 valence electrons. The van der Waals surface area contributed by atoms with E-state index >= 15 is 0 Å². The molecule has 0 saturated carbocycles. The molecule has 0 aliphatic rings. The van der Waals surface area contributed by atoms with Crippen molar-refractivity contribution in [2.45, 2.75) is 26.0 Å². The molecule has 0 N–H and O–H groups in total. The summed E-state index contributed by atoms with van der Waals surface area (Å²) in [6, 6.07) is 3.38. The van der Waals surface area contributed by atoms with Crippen LogP contribution in [0.25, 0.3) is 0 Å². The monoisotopic (exact) mass is 278 g/mol. The van der Waals surface area contributed by atoms with Crippen LogP contribution in [0, 0.1) is 5.92 Å². The Labute approximate surface area is 107 Å². The molecule has 2 nitrogen and oxygen atoms in total. The maximum absolute atomic E-state index is 11.9. The minimum absolute atomic E-state index is 0.0733. The van der Waals surface area contributed by atoms with E-state index < -0.39 is 16.0 Å². The first-order valence-electron chi connectivity index (χ1n) is 5.08. The van der Waals surface area contributed by atoms with E-state index in [2.05, 4.69) is 0 Å². The van der Waals surface area contributed by atoms with Crippen molar-refractivity contribution in [3.8, 4) is 0 Å².